The molecule has 0 saturated carbocycles. The number of rotatable bonds is 2. The van der Waals surface area contributed by atoms with E-state index in [-0.39, 0.29) is 11.1 Å². The number of halogens is 4. The standard InChI is InChI=1S/C13H8F4O/c14-9-3-8(4-10(15)6-9)13(18)7-1-2-11(16)12(17)5-7/h1-6,13,18H. The molecule has 0 radical (unpaired) electrons. The number of aliphatic hydroxyl groups excluding tert-OH is 1. The van der Waals surface area contributed by atoms with Crippen LogP contribution in [0, 0.1) is 23.3 Å². The molecule has 0 amide bonds. The molecule has 0 heterocycles. The van der Waals surface area contributed by atoms with Crippen LogP contribution in [0.5, 0.6) is 0 Å². The maximum absolute atomic E-state index is 13.0. The summed E-state index contributed by atoms with van der Waals surface area (Å²) in [5, 5.41) is 9.83. The van der Waals surface area contributed by atoms with Crippen LogP contribution in [0.15, 0.2) is 36.4 Å². The fourth-order valence-corrected chi connectivity index (χ4v) is 1.61. The van der Waals surface area contributed by atoms with Crippen LogP contribution < -0.4 is 0 Å². The summed E-state index contributed by atoms with van der Waals surface area (Å²) in [5.41, 5.74) is -0.0580. The largest absolute Gasteiger partial charge is 0.384 e. The summed E-state index contributed by atoms with van der Waals surface area (Å²) in [6, 6.07) is 5.27. The van der Waals surface area contributed by atoms with Crippen molar-refractivity contribution in [1.82, 2.24) is 0 Å². The zero-order valence-electron chi connectivity index (χ0n) is 9.00. The maximum Gasteiger partial charge on any atom is 0.159 e. The Balaban J connectivity index is 2.40. The van der Waals surface area contributed by atoms with Crippen LogP contribution in [0.1, 0.15) is 17.2 Å². The second kappa shape index (κ2) is 4.78. The molecule has 0 saturated heterocycles. The molecule has 18 heavy (non-hydrogen) atoms. The van der Waals surface area contributed by atoms with E-state index in [0.29, 0.717) is 6.07 Å². The normalized spacial score (nSPS) is 12.5. The van der Waals surface area contributed by atoms with E-state index in [1.165, 1.54) is 0 Å². The smallest absolute Gasteiger partial charge is 0.159 e. The zero-order valence-corrected chi connectivity index (χ0v) is 9.00. The molecule has 0 aromatic heterocycles. The average Bonchev–Trinajstić information content (AvgIpc) is 2.30. The average molecular weight is 256 g/mol. The summed E-state index contributed by atoms with van der Waals surface area (Å²) in [6.07, 6.45) is -1.43. The first-order valence-electron chi connectivity index (χ1n) is 5.06. The second-order valence-corrected chi connectivity index (χ2v) is 3.78. The van der Waals surface area contributed by atoms with E-state index in [1.54, 1.807) is 0 Å². The van der Waals surface area contributed by atoms with Gasteiger partial charge in [-0.25, -0.2) is 17.6 Å². The fraction of sp³-hybridized carbons (Fsp3) is 0.0769. The minimum absolute atomic E-state index is 0.0129. The topological polar surface area (TPSA) is 20.2 Å². The highest BCUT2D eigenvalue weighted by Gasteiger charge is 2.14. The molecule has 2 aromatic rings. The molecule has 0 aliphatic heterocycles. The van der Waals surface area contributed by atoms with Gasteiger partial charge in [-0.15, -0.1) is 0 Å². The molecule has 2 aromatic carbocycles. The van der Waals surface area contributed by atoms with Gasteiger partial charge in [0.2, 0.25) is 0 Å². The predicted molar refractivity (Wildman–Crippen MR) is 56.8 cm³/mol. The summed E-state index contributed by atoms with van der Waals surface area (Å²) in [5.74, 6) is -3.90. The van der Waals surface area contributed by atoms with Crippen LogP contribution in [0.2, 0.25) is 0 Å². The Morgan fingerprint density at radius 2 is 1.33 bits per heavy atom. The Labute approximate surface area is 100 Å². The lowest BCUT2D eigenvalue weighted by Gasteiger charge is -2.12. The van der Waals surface area contributed by atoms with Crippen molar-refractivity contribution in [3.63, 3.8) is 0 Å². The summed E-state index contributed by atoms with van der Waals surface area (Å²) in [4.78, 5) is 0. The van der Waals surface area contributed by atoms with Gasteiger partial charge < -0.3 is 5.11 Å². The second-order valence-electron chi connectivity index (χ2n) is 3.78. The molecule has 0 aliphatic carbocycles. The highest BCUT2D eigenvalue weighted by molar-refractivity contribution is 5.31. The number of hydrogen-bond acceptors (Lipinski definition) is 1. The van der Waals surface area contributed by atoms with E-state index in [4.69, 9.17) is 0 Å². The Hall–Kier alpha value is -1.88. The van der Waals surface area contributed by atoms with Gasteiger partial charge in [0.25, 0.3) is 0 Å². The quantitative estimate of drug-likeness (QED) is 0.817. The molecule has 0 spiro atoms. The van der Waals surface area contributed by atoms with Crippen molar-refractivity contribution in [2.75, 3.05) is 0 Å². The molecule has 1 nitrogen and oxygen atoms in total. The molecule has 0 bridgehead atoms. The van der Waals surface area contributed by atoms with Gasteiger partial charge >= 0.3 is 0 Å². The van der Waals surface area contributed by atoms with Gasteiger partial charge in [0, 0.05) is 6.07 Å². The monoisotopic (exact) mass is 256 g/mol. The third-order valence-corrected chi connectivity index (χ3v) is 2.46. The molecule has 94 valence electrons. The molecule has 1 unspecified atom stereocenters. The van der Waals surface area contributed by atoms with Crippen LogP contribution in [0.4, 0.5) is 17.6 Å². The molecule has 1 N–H and O–H groups in total. The Kier molecular flexibility index (Phi) is 3.34. The van der Waals surface area contributed by atoms with E-state index in [1.807, 2.05) is 0 Å². The van der Waals surface area contributed by atoms with Gasteiger partial charge in [-0.1, -0.05) is 6.07 Å². The molecule has 2 rings (SSSR count). The van der Waals surface area contributed by atoms with E-state index in [2.05, 4.69) is 0 Å². The van der Waals surface area contributed by atoms with Crippen molar-refractivity contribution in [3.8, 4) is 0 Å². The first-order valence-corrected chi connectivity index (χ1v) is 5.06. The first kappa shape index (κ1) is 12.6. The van der Waals surface area contributed by atoms with Crippen LogP contribution in [0.25, 0.3) is 0 Å². The predicted octanol–water partition coefficient (Wildman–Crippen LogP) is 3.32. The third kappa shape index (κ3) is 2.51. The Morgan fingerprint density at radius 3 is 1.89 bits per heavy atom. The van der Waals surface area contributed by atoms with E-state index in [0.717, 1.165) is 30.3 Å². The summed E-state index contributed by atoms with van der Waals surface area (Å²) < 4.78 is 51.6. The number of hydrogen-bond donors (Lipinski definition) is 1. The fourth-order valence-electron chi connectivity index (χ4n) is 1.61. The summed E-state index contributed by atoms with van der Waals surface area (Å²) in [7, 11) is 0. The zero-order chi connectivity index (χ0) is 13.3. The molecular formula is C13H8F4O. The number of aliphatic hydroxyl groups is 1. The summed E-state index contributed by atoms with van der Waals surface area (Å²) >= 11 is 0. The molecule has 5 heteroatoms. The minimum atomic E-state index is -1.43. The van der Waals surface area contributed by atoms with Crippen molar-refractivity contribution in [2.45, 2.75) is 6.10 Å². The SMILES string of the molecule is OC(c1cc(F)cc(F)c1)c1ccc(F)c(F)c1. The van der Waals surface area contributed by atoms with Gasteiger partial charge in [-0.2, -0.15) is 0 Å². The van der Waals surface area contributed by atoms with Gasteiger partial charge in [0.15, 0.2) is 11.6 Å². The molecule has 1 atom stereocenters. The molecular weight excluding hydrogens is 248 g/mol. The highest BCUT2D eigenvalue weighted by Crippen LogP contribution is 2.24. The van der Waals surface area contributed by atoms with Crippen LogP contribution in [0.3, 0.4) is 0 Å². The maximum atomic E-state index is 13.0. The van der Waals surface area contributed by atoms with Crippen LogP contribution in [-0.2, 0) is 0 Å². The Morgan fingerprint density at radius 1 is 0.722 bits per heavy atom. The van der Waals surface area contributed by atoms with Gasteiger partial charge in [-0.3, -0.25) is 0 Å². The van der Waals surface area contributed by atoms with E-state index >= 15 is 0 Å². The van der Waals surface area contributed by atoms with Gasteiger partial charge in [-0.05, 0) is 35.4 Å². The minimum Gasteiger partial charge on any atom is -0.384 e. The third-order valence-electron chi connectivity index (χ3n) is 2.46. The lowest BCUT2D eigenvalue weighted by molar-refractivity contribution is 0.218. The lowest BCUT2D eigenvalue weighted by atomic mass is 10.0. The van der Waals surface area contributed by atoms with Crippen LogP contribution in [-0.4, -0.2) is 5.11 Å². The summed E-state index contributed by atoms with van der Waals surface area (Å²) in [6.45, 7) is 0. The van der Waals surface area contributed by atoms with E-state index in [9.17, 15) is 22.7 Å². The van der Waals surface area contributed by atoms with Gasteiger partial charge in [0.1, 0.15) is 17.7 Å². The van der Waals surface area contributed by atoms with Crippen molar-refractivity contribution >= 4 is 0 Å². The van der Waals surface area contributed by atoms with Crippen molar-refractivity contribution in [3.05, 3.63) is 70.8 Å². The van der Waals surface area contributed by atoms with E-state index < -0.39 is 29.4 Å². The number of benzene rings is 2. The van der Waals surface area contributed by atoms with Gasteiger partial charge in [0.05, 0.1) is 0 Å². The molecule has 0 aliphatic rings. The highest BCUT2D eigenvalue weighted by atomic mass is 19.2. The van der Waals surface area contributed by atoms with Crippen LogP contribution >= 0.6 is 0 Å². The first-order chi connectivity index (χ1) is 8.47. The Bertz CT molecular complexity index is 563. The lowest BCUT2D eigenvalue weighted by Crippen LogP contribution is -2.02. The van der Waals surface area contributed by atoms with Crippen molar-refractivity contribution in [1.29, 1.82) is 0 Å². The van der Waals surface area contributed by atoms with Crippen molar-refractivity contribution < 1.29 is 22.7 Å². The van der Waals surface area contributed by atoms with Crippen molar-refractivity contribution in [2.24, 2.45) is 0 Å². The molecule has 0 fully saturated rings.